The Labute approximate surface area is 164 Å². The van der Waals surface area contributed by atoms with Gasteiger partial charge in [-0.3, -0.25) is 9.59 Å². The standard InChI is InChI=1S/C19H17ClF3NO4/c1-3-5-12(6-4-7-17(26)28-2)16(25)11-24-18(27)14-10-13(19(21,22)23)8-9-15(14)20/h3-10H,11H2,1-2H3,(H,24,27)/b5-3-,7-4+,12-6+. The number of methoxy groups -OCH3 is 1. The molecule has 5 nitrogen and oxygen atoms in total. The van der Waals surface area contributed by atoms with Gasteiger partial charge in [-0.25, -0.2) is 4.79 Å². The normalized spacial score (nSPS) is 12.4. The number of alkyl halides is 3. The highest BCUT2D eigenvalue weighted by Gasteiger charge is 2.31. The molecule has 0 unspecified atom stereocenters. The van der Waals surface area contributed by atoms with E-state index < -0.39 is 41.5 Å². The molecule has 0 atom stereocenters. The van der Waals surface area contributed by atoms with E-state index in [1.165, 1.54) is 25.3 Å². The highest BCUT2D eigenvalue weighted by atomic mass is 35.5. The minimum atomic E-state index is -4.64. The Morgan fingerprint density at radius 2 is 1.89 bits per heavy atom. The van der Waals surface area contributed by atoms with Gasteiger partial charge in [0.25, 0.3) is 5.91 Å². The number of ether oxygens (including phenoxy) is 1. The van der Waals surface area contributed by atoms with Crippen molar-refractivity contribution < 1.29 is 32.3 Å². The van der Waals surface area contributed by atoms with Gasteiger partial charge in [-0.2, -0.15) is 13.2 Å². The highest BCUT2D eigenvalue weighted by molar-refractivity contribution is 6.33. The van der Waals surface area contributed by atoms with Crippen molar-refractivity contribution in [1.82, 2.24) is 5.32 Å². The summed E-state index contributed by atoms with van der Waals surface area (Å²) >= 11 is 5.79. The van der Waals surface area contributed by atoms with Gasteiger partial charge in [0.1, 0.15) is 0 Å². The van der Waals surface area contributed by atoms with E-state index in [0.29, 0.717) is 6.07 Å². The number of carbonyl (C=O) groups excluding carboxylic acids is 3. The van der Waals surface area contributed by atoms with Crippen LogP contribution >= 0.6 is 11.6 Å². The Kier molecular flexibility index (Phi) is 8.66. The molecule has 9 heteroatoms. The van der Waals surface area contributed by atoms with Gasteiger partial charge in [-0.1, -0.05) is 35.9 Å². The lowest BCUT2D eigenvalue weighted by Gasteiger charge is -2.11. The molecule has 0 radical (unpaired) electrons. The maximum Gasteiger partial charge on any atom is 0.416 e. The summed E-state index contributed by atoms with van der Waals surface area (Å²) in [5, 5.41) is 2.06. The Morgan fingerprint density at radius 3 is 2.46 bits per heavy atom. The van der Waals surface area contributed by atoms with Crippen molar-refractivity contribution >= 4 is 29.3 Å². The number of hydrogen-bond donors (Lipinski definition) is 1. The molecule has 0 saturated heterocycles. The highest BCUT2D eigenvalue weighted by Crippen LogP contribution is 2.31. The van der Waals surface area contributed by atoms with Crippen LogP contribution in [0.25, 0.3) is 0 Å². The lowest BCUT2D eigenvalue weighted by molar-refractivity contribution is -0.137. The van der Waals surface area contributed by atoms with Gasteiger partial charge >= 0.3 is 12.1 Å². The third-order valence-electron chi connectivity index (χ3n) is 3.33. The first-order chi connectivity index (χ1) is 13.1. The molecule has 1 amide bonds. The van der Waals surface area contributed by atoms with Gasteiger partial charge in [0.2, 0.25) is 0 Å². The summed E-state index contributed by atoms with van der Waals surface area (Å²) in [5.41, 5.74) is -1.26. The largest absolute Gasteiger partial charge is 0.466 e. The molecule has 0 aromatic heterocycles. The van der Waals surface area contributed by atoms with Gasteiger partial charge in [0.15, 0.2) is 5.78 Å². The Hall–Kier alpha value is -2.87. The second-order valence-electron chi connectivity index (χ2n) is 5.30. The molecule has 0 saturated carbocycles. The van der Waals surface area contributed by atoms with E-state index in [-0.39, 0.29) is 10.6 Å². The molecular formula is C19H17ClF3NO4. The minimum absolute atomic E-state index is 0.165. The van der Waals surface area contributed by atoms with E-state index in [2.05, 4.69) is 10.1 Å². The van der Waals surface area contributed by atoms with Crippen LogP contribution in [0.15, 0.2) is 54.2 Å². The van der Waals surface area contributed by atoms with Crippen LogP contribution < -0.4 is 5.32 Å². The number of hydrogen-bond acceptors (Lipinski definition) is 4. The van der Waals surface area contributed by atoms with Gasteiger partial charge in [-0.05, 0) is 25.1 Å². The van der Waals surface area contributed by atoms with E-state index in [1.54, 1.807) is 13.0 Å². The molecule has 0 aliphatic rings. The SMILES string of the molecule is C\C=C/C(=C\C=C\C(=O)OC)C(=O)CNC(=O)c1cc(C(F)(F)F)ccc1Cl. The average molecular weight is 416 g/mol. The first kappa shape index (κ1) is 23.2. The van der Waals surface area contributed by atoms with E-state index in [1.807, 2.05) is 0 Å². The summed E-state index contributed by atoms with van der Waals surface area (Å²) in [4.78, 5) is 35.4. The van der Waals surface area contributed by atoms with Gasteiger partial charge in [-0.15, -0.1) is 0 Å². The van der Waals surface area contributed by atoms with Crippen LogP contribution in [0, 0.1) is 0 Å². The van der Waals surface area contributed by atoms with Crippen LogP contribution in [0.1, 0.15) is 22.8 Å². The lowest BCUT2D eigenvalue weighted by Crippen LogP contribution is -2.30. The summed E-state index contributed by atoms with van der Waals surface area (Å²) in [6.45, 7) is 1.18. The predicted octanol–water partition coefficient (Wildman–Crippen LogP) is 3.89. The number of halogens is 4. The third-order valence-corrected chi connectivity index (χ3v) is 3.65. The Morgan fingerprint density at radius 1 is 1.21 bits per heavy atom. The Bertz CT molecular complexity index is 842. The van der Waals surface area contributed by atoms with E-state index in [4.69, 9.17) is 11.6 Å². The van der Waals surface area contributed by atoms with Gasteiger partial charge < -0.3 is 10.1 Å². The molecule has 28 heavy (non-hydrogen) atoms. The zero-order valence-corrected chi connectivity index (χ0v) is 15.7. The number of esters is 1. The smallest absolute Gasteiger partial charge is 0.416 e. The maximum atomic E-state index is 12.8. The second-order valence-corrected chi connectivity index (χ2v) is 5.71. The first-order valence-electron chi connectivity index (χ1n) is 7.87. The van der Waals surface area contributed by atoms with E-state index in [0.717, 1.165) is 18.2 Å². The molecular weight excluding hydrogens is 399 g/mol. The summed E-state index contributed by atoms with van der Waals surface area (Å²) in [7, 11) is 1.20. The van der Waals surface area contributed by atoms with Crippen LogP contribution in [0.3, 0.4) is 0 Å². The number of rotatable bonds is 7. The van der Waals surface area contributed by atoms with E-state index >= 15 is 0 Å². The zero-order valence-electron chi connectivity index (χ0n) is 15.0. The molecule has 1 rings (SSSR count). The first-order valence-corrected chi connectivity index (χ1v) is 8.25. The monoisotopic (exact) mass is 415 g/mol. The van der Waals surface area contributed by atoms with Crippen molar-refractivity contribution in [1.29, 1.82) is 0 Å². The summed E-state index contributed by atoms with van der Waals surface area (Å²) < 4.78 is 42.8. The van der Waals surface area contributed by atoms with Crippen molar-refractivity contribution in [2.24, 2.45) is 0 Å². The zero-order chi connectivity index (χ0) is 21.3. The van der Waals surface area contributed by atoms with Crippen LogP contribution in [0.5, 0.6) is 0 Å². The molecule has 0 aliphatic heterocycles. The molecule has 0 spiro atoms. The predicted molar refractivity (Wildman–Crippen MR) is 97.8 cm³/mol. The lowest BCUT2D eigenvalue weighted by atomic mass is 10.1. The van der Waals surface area contributed by atoms with Crippen molar-refractivity contribution in [3.63, 3.8) is 0 Å². The number of allylic oxidation sites excluding steroid dienone is 4. The van der Waals surface area contributed by atoms with Crippen LogP contribution in [-0.4, -0.2) is 31.3 Å². The quantitative estimate of drug-likeness (QED) is 0.416. The number of ketones is 1. The van der Waals surface area contributed by atoms with Crippen molar-refractivity contribution in [2.75, 3.05) is 13.7 Å². The minimum Gasteiger partial charge on any atom is -0.466 e. The molecule has 0 fully saturated rings. The number of Topliss-reactive ketones (excluding diaryl/α,β-unsaturated/α-hetero) is 1. The molecule has 150 valence electrons. The number of benzene rings is 1. The molecule has 0 aliphatic carbocycles. The van der Waals surface area contributed by atoms with Crippen LogP contribution in [0.2, 0.25) is 5.02 Å². The van der Waals surface area contributed by atoms with Crippen LogP contribution in [-0.2, 0) is 20.5 Å². The fourth-order valence-electron chi connectivity index (χ4n) is 1.95. The molecule has 1 aromatic rings. The maximum absolute atomic E-state index is 12.8. The fraction of sp³-hybridized carbons (Fsp3) is 0.211. The number of amides is 1. The van der Waals surface area contributed by atoms with E-state index in [9.17, 15) is 27.6 Å². The van der Waals surface area contributed by atoms with Crippen LogP contribution in [0.4, 0.5) is 13.2 Å². The summed E-state index contributed by atoms with van der Waals surface area (Å²) in [6.07, 6.45) is 2.11. The van der Waals surface area contributed by atoms with Gasteiger partial charge in [0.05, 0.1) is 29.8 Å². The number of nitrogens with one attached hydrogen (secondary N) is 1. The second kappa shape index (κ2) is 10.5. The Balaban J connectivity index is 2.90. The third kappa shape index (κ3) is 7.03. The number of carbonyl (C=O) groups is 3. The fourth-order valence-corrected chi connectivity index (χ4v) is 2.16. The topological polar surface area (TPSA) is 72.5 Å². The molecule has 1 N–H and O–H groups in total. The summed E-state index contributed by atoms with van der Waals surface area (Å²) in [5.74, 6) is -2.06. The van der Waals surface area contributed by atoms with Crippen molar-refractivity contribution in [2.45, 2.75) is 13.1 Å². The summed E-state index contributed by atoms with van der Waals surface area (Å²) in [6, 6.07) is 2.33. The van der Waals surface area contributed by atoms with Crippen molar-refractivity contribution in [3.05, 3.63) is 70.3 Å². The molecule has 0 bridgehead atoms. The van der Waals surface area contributed by atoms with Gasteiger partial charge in [0, 0.05) is 11.6 Å². The molecule has 1 aromatic carbocycles. The molecule has 0 heterocycles. The van der Waals surface area contributed by atoms with Crippen molar-refractivity contribution in [3.8, 4) is 0 Å². The average Bonchev–Trinajstić information content (AvgIpc) is 2.64.